The van der Waals surface area contributed by atoms with Crippen LogP contribution >= 0.6 is 0 Å². The van der Waals surface area contributed by atoms with Crippen LogP contribution in [0.25, 0.3) is 0 Å². The SMILES string of the molecule is Fc1ccc(N2CCO[C@H]2c2cn(Cc3ccccc3F)nn2)cc1. The molecule has 2 aromatic carbocycles. The number of ether oxygens (including phenoxy) is 1. The topological polar surface area (TPSA) is 43.2 Å². The van der Waals surface area contributed by atoms with Gasteiger partial charge in [-0.2, -0.15) is 0 Å². The van der Waals surface area contributed by atoms with Crippen molar-refractivity contribution in [1.29, 1.82) is 0 Å². The normalized spacial score (nSPS) is 17.2. The van der Waals surface area contributed by atoms with E-state index in [1.165, 1.54) is 18.2 Å². The van der Waals surface area contributed by atoms with Crippen molar-refractivity contribution >= 4 is 5.69 Å². The van der Waals surface area contributed by atoms with E-state index < -0.39 is 0 Å². The van der Waals surface area contributed by atoms with Crippen molar-refractivity contribution in [3.05, 3.63) is 77.6 Å². The molecule has 1 saturated heterocycles. The summed E-state index contributed by atoms with van der Waals surface area (Å²) in [6.07, 6.45) is 1.36. The molecule has 3 aromatic rings. The summed E-state index contributed by atoms with van der Waals surface area (Å²) in [6, 6.07) is 12.8. The summed E-state index contributed by atoms with van der Waals surface area (Å²) in [6.45, 7) is 1.52. The van der Waals surface area contributed by atoms with Crippen molar-refractivity contribution in [2.45, 2.75) is 12.8 Å². The molecule has 0 N–H and O–H groups in total. The van der Waals surface area contributed by atoms with Gasteiger partial charge < -0.3 is 9.64 Å². The van der Waals surface area contributed by atoms with Gasteiger partial charge in [-0.1, -0.05) is 23.4 Å². The largest absolute Gasteiger partial charge is 0.350 e. The predicted octanol–water partition coefficient (Wildman–Crippen LogP) is 3.14. The zero-order valence-corrected chi connectivity index (χ0v) is 13.3. The molecule has 5 nitrogen and oxygen atoms in total. The third kappa shape index (κ3) is 3.23. The molecule has 1 atom stereocenters. The number of aromatic nitrogens is 3. The first kappa shape index (κ1) is 15.7. The Morgan fingerprint density at radius 2 is 1.88 bits per heavy atom. The summed E-state index contributed by atoms with van der Waals surface area (Å²) < 4.78 is 34.3. The Labute approximate surface area is 143 Å². The third-order valence-corrected chi connectivity index (χ3v) is 4.15. The van der Waals surface area contributed by atoms with Gasteiger partial charge in [0.2, 0.25) is 0 Å². The van der Waals surface area contributed by atoms with E-state index in [9.17, 15) is 8.78 Å². The summed E-state index contributed by atoms with van der Waals surface area (Å²) in [5.74, 6) is -0.555. The number of hydrogen-bond donors (Lipinski definition) is 0. The fourth-order valence-electron chi connectivity index (χ4n) is 2.92. The number of halogens is 2. The van der Waals surface area contributed by atoms with Crippen molar-refractivity contribution in [2.24, 2.45) is 0 Å². The summed E-state index contributed by atoms with van der Waals surface area (Å²) in [4.78, 5) is 2.00. The first-order valence-corrected chi connectivity index (χ1v) is 7.98. The van der Waals surface area contributed by atoms with Gasteiger partial charge in [0.05, 0.1) is 19.3 Å². The Hall–Kier alpha value is -2.80. The van der Waals surface area contributed by atoms with Gasteiger partial charge in [0.15, 0.2) is 6.23 Å². The Morgan fingerprint density at radius 1 is 1.08 bits per heavy atom. The fourth-order valence-corrected chi connectivity index (χ4v) is 2.92. The molecule has 1 aliphatic rings. The molecule has 7 heteroatoms. The molecule has 1 aliphatic heterocycles. The molecule has 2 heterocycles. The first-order valence-electron chi connectivity index (χ1n) is 7.98. The summed E-state index contributed by atoms with van der Waals surface area (Å²) in [7, 11) is 0. The van der Waals surface area contributed by atoms with Crippen LogP contribution in [0.5, 0.6) is 0 Å². The second-order valence-corrected chi connectivity index (χ2v) is 5.83. The zero-order chi connectivity index (χ0) is 17.2. The predicted molar refractivity (Wildman–Crippen MR) is 88.0 cm³/mol. The lowest BCUT2D eigenvalue weighted by atomic mass is 10.2. The lowest BCUT2D eigenvalue weighted by Gasteiger charge is -2.23. The van der Waals surface area contributed by atoms with Gasteiger partial charge in [-0.05, 0) is 30.3 Å². The Balaban J connectivity index is 1.54. The van der Waals surface area contributed by atoms with Crippen LogP contribution in [0.15, 0.2) is 54.7 Å². The third-order valence-electron chi connectivity index (χ3n) is 4.15. The maximum absolute atomic E-state index is 13.8. The molecule has 4 rings (SSSR count). The molecule has 0 saturated carbocycles. The average Bonchev–Trinajstić information content (AvgIpc) is 3.27. The van der Waals surface area contributed by atoms with Gasteiger partial charge in [-0.3, -0.25) is 0 Å². The van der Waals surface area contributed by atoms with Crippen LogP contribution in [0.4, 0.5) is 14.5 Å². The Morgan fingerprint density at radius 3 is 2.68 bits per heavy atom. The molecule has 0 unspecified atom stereocenters. The van der Waals surface area contributed by atoms with E-state index in [-0.39, 0.29) is 17.9 Å². The standard InChI is InChI=1S/C18H16F2N4O/c19-14-5-7-15(8-6-14)24-9-10-25-18(24)17-12-23(22-21-17)11-13-3-1-2-4-16(13)20/h1-8,12,18H,9-11H2/t18-/m0/s1. The minimum atomic E-state index is -0.389. The summed E-state index contributed by atoms with van der Waals surface area (Å²) in [5.41, 5.74) is 2.03. The number of rotatable bonds is 4. The van der Waals surface area contributed by atoms with Gasteiger partial charge in [0.25, 0.3) is 0 Å². The van der Waals surface area contributed by atoms with Crippen LogP contribution in [0.3, 0.4) is 0 Å². The quantitative estimate of drug-likeness (QED) is 0.731. The lowest BCUT2D eigenvalue weighted by Crippen LogP contribution is -2.23. The highest BCUT2D eigenvalue weighted by Crippen LogP contribution is 2.31. The van der Waals surface area contributed by atoms with Crippen molar-refractivity contribution in [1.82, 2.24) is 15.0 Å². The molecule has 128 valence electrons. The van der Waals surface area contributed by atoms with E-state index in [2.05, 4.69) is 10.3 Å². The van der Waals surface area contributed by atoms with Crippen molar-refractivity contribution in [3.8, 4) is 0 Å². The fraction of sp³-hybridized carbons (Fsp3) is 0.222. The molecule has 1 aromatic heterocycles. The van der Waals surface area contributed by atoms with E-state index in [1.807, 2.05) is 4.90 Å². The molecule has 0 radical (unpaired) electrons. The highest BCUT2D eigenvalue weighted by atomic mass is 19.1. The van der Waals surface area contributed by atoms with E-state index in [1.54, 1.807) is 41.2 Å². The van der Waals surface area contributed by atoms with E-state index in [4.69, 9.17) is 4.74 Å². The summed E-state index contributed by atoms with van der Waals surface area (Å²) >= 11 is 0. The summed E-state index contributed by atoms with van der Waals surface area (Å²) in [5, 5.41) is 8.24. The van der Waals surface area contributed by atoms with Crippen molar-refractivity contribution in [2.75, 3.05) is 18.1 Å². The van der Waals surface area contributed by atoms with Gasteiger partial charge in [-0.25, -0.2) is 13.5 Å². The maximum atomic E-state index is 13.8. The molecular formula is C18H16F2N4O. The number of hydrogen-bond acceptors (Lipinski definition) is 4. The zero-order valence-electron chi connectivity index (χ0n) is 13.3. The molecular weight excluding hydrogens is 326 g/mol. The highest BCUT2D eigenvalue weighted by Gasteiger charge is 2.29. The number of anilines is 1. The minimum Gasteiger partial charge on any atom is -0.350 e. The lowest BCUT2D eigenvalue weighted by molar-refractivity contribution is 0.110. The van der Waals surface area contributed by atoms with Crippen LogP contribution in [0, 0.1) is 11.6 Å². The van der Waals surface area contributed by atoms with Crippen LogP contribution in [-0.2, 0) is 11.3 Å². The molecule has 0 amide bonds. The van der Waals surface area contributed by atoms with Gasteiger partial charge >= 0.3 is 0 Å². The van der Waals surface area contributed by atoms with Crippen molar-refractivity contribution < 1.29 is 13.5 Å². The van der Waals surface area contributed by atoms with Gasteiger partial charge in [0.1, 0.15) is 17.3 Å². The van der Waals surface area contributed by atoms with Gasteiger partial charge in [0, 0.05) is 17.8 Å². The smallest absolute Gasteiger partial charge is 0.177 e. The second kappa shape index (κ2) is 6.60. The molecule has 0 aliphatic carbocycles. The maximum Gasteiger partial charge on any atom is 0.177 e. The molecule has 1 fully saturated rings. The van der Waals surface area contributed by atoms with Crippen LogP contribution in [0.1, 0.15) is 17.5 Å². The van der Waals surface area contributed by atoms with Crippen molar-refractivity contribution in [3.63, 3.8) is 0 Å². The second-order valence-electron chi connectivity index (χ2n) is 5.83. The first-order chi connectivity index (χ1) is 12.2. The molecule has 0 bridgehead atoms. The van der Waals surface area contributed by atoms with Crippen LogP contribution < -0.4 is 4.90 Å². The highest BCUT2D eigenvalue weighted by molar-refractivity contribution is 5.48. The number of nitrogens with zero attached hydrogens (tertiary/aromatic N) is 4. The Bertz CT molecular complexity index is 866. The van der Waals surface area contributed by atoms with Gasteiger partial charge in [-0.15, -0.1) is 5.10 Å². The molecule has 0 spiro atoms. The average molecular weight is 342 g/mol. The van der Waals surface area contributed by atoms with Crippen LogP contribution in [0.2, 0.25) is 0 Å². The van der Waals surface area contributed by atoms with E-state index in [0.29, 0.717) is 31.0 Å². The molecule has 25 heavy (non-hydrogen) atoms. The monoisotopic (exact) mass is 342 g/mol. The van der Waals surface area contributed by atoms with E-state index >= 15 is 0 Å². The minimum absolute atomic E-state index is 0.274. The van der Waals surface area contributed by atoms with E-state index in [0.717, 1.165) is 5.69 Å². The Kier molecular flexibility index (Phi) is 4.15. The van der Waals surface area contributed by atoms with Crippen LogP contribution in [-0.4, -0.2) is 28.1 Å². The number of benzene rings is 2.